The Morgan fingerprint density at radius 2 is 1.03 bits per heavy atom. The van der Waals surface area contributed by atoms with Crippen molar-refractivity contribution in [3.05, 3.63) is 107 Å². The number of nitrogens with one attached hydrogen (secondary N) is 4. The normalized spacial score (nSPS) is 22.7. The molecule has 0 aliphatic carbocycles. The van der Waals surface area contributed by atoms with E-state index in [-0.39, 0.29) is 37.4 Å². The summed E-state index contributed by atoms with van der Waals surface area (Å²) in [5.41, 5.74) is 4.91. The molecule has 22 heteroatoms. The molecule has 3 fully saturated rings. The summed E-state index contributed by atoms with van der Waals surface area (Å²) in [7, 11) is 0. The van der Waals surface area contributed by atoms with Crippen LogP contribution in [0.25, 0.3) is 0 Å². The zero-order valence-corrected chi connectivity index (χ0v) is 40.2. The van der Waals surface area contributed by atoms with E-state index in [2.05, 4.69) is 31.5 Å². The molecule has 4 amide bonds. The van der Waals surface area contributed by atoms with Crippen molar-refractivity contribution in [2.75, 3.05) is 46.1 Å². The number of carbonyl (C=O) groups excluding carboxylic acids is 8. The average molecular weight is 997 g/mol. The van der Waals surface area contributed by atoms with Crippen LogP contribution in [0.5, 0.6) is 0 Å². The highest BCUT2D eigenvalue weighted by Gasteiger charge is 2.32. The van der Waals surface area contributed by atoms with Gasteiger partial charge >= 0.3 is 23.9 Å². The molecule has 3 aliphatic rings. The fraction of sp³-hybridized carbons (Fsp3) is 0.480. The Morgan fingerprint density at radius 1 is 0.569 bits per heavy atom. The molecule has 0 radical (unpaired) electrons. The Hall–Kier alpha value is -7.46. The van der Waals surface area contributed by atoms with Gasteiger partial charge in [-0.25, -0.2) is 4.79 Å². The van der Waals surface area contributed by atoms with Crippen molar-refractivity contribution in [1.82, 2.24) is 40.8 Å². The van der Waals surface area contributed by atoms with Crippen LogP contribution >= 0.6 is 0 Å². The third-order valence-corrected chi connectivity index (χ3v) is 12.0. The number of nitrogens with zero attached hydrogens (tertiary/aromatic N) is 4. The number of aromatic nitrogens is 4. The standard InChI is InChI=1S/C50H60N8O14/c1-31(2)21-36-50(66)72-42(23-33-9-13-35(14-10-33)28-58-38(16-18-55-58)40-6-4-20-68-40)49(65)53-24-45(61)69-29-43(59)51-26-47(63)71-41(48(64)52-25-46(62)70-30-44(60)56-36)22-32-7-11-34(12-8-32)27-57-37(15-17-54-57)39-5-3-19-67-39/h7-18,31,36,39-42H,3-6,19-30H2,1-2H3,(H,51,59)(H,52,64)(H,53,65)(H,56,60). The first-order chi connectivity index (χ1) is 34.8. The van der Waals surface area contributed by atoms with E-state index in [4.69, 9.17) is 28.4 Å². The molecule has 4 N–H and O–H groups in total. The summed E-state index contributed by atoms with van der Waals surface area (Å²) < 4.78 is 36.7. The molecule has 0 bridgehead atoms. The van der Waals surface area contributed by atoms with Crippen molar-refractivity contribution in [3.8, 4) is 0 Å². The summed E-state index contributed by atoms with van der Waals surface area (Å²) in [5.74, 6) is -7.75. The Bertz CT molecular complexity index is 2530. The highest BCUT2D eigenvalue weighted by molar-refractivity contribution is 5.92. The highest BCUT2D eigenvalue weighted by atomic mass is 16.6. The van der Waals surface area contributed by atoms with Crippen molar-refractivity contribution in [2.45, 2.75) is 102 Å². The number of rotatable bonds is 12. The molecule has 5 unspecified atom stereocenters. The second-order valence-corrected chi connectivity index (χ2v) is 18.1. The Labute approximate surface area is 415 Å². The van der Waals surface area contributed by atoms with E-state index in [1.165, 1.54) is 0 Å². The van der Waals surface area contributed by atoms with Crippen molar-refractivity contribution < 1.29 is 66.8 Å². The molecule has 3 aliphatic heterocycles. The zero-order chi connectivity index (χ0) is 51.0. The highest BCUT2D eigenvalue weighted by Crippen LogP contribution is 2.30. The first kappa shape index (κ1) is 52.4. The predicted octanol–water partition coefficient (Wildman–Crippen LogP) is 1.47. The van der Waals surface area contributed by atoms with Gasteiger partial charge in [-0.2, -0.15) is 10.2 Å². The zero-order valence-electron chi connectivity index (χ0n) is 40.2. The smallest absolute Gasteiger partial charge is 0.329 e. The minimum Gasteiger partial charge on any atom is -0.454 e. The lowest BCUT2D eigenvalue weighted by Gasteiger charge is -2.23. The van der Waals surface area contributed by atoms with Crippen molar-refractivity contribution in [2.24, 2.45) is 5.92 Å². The van der Waals surface area contributed by atoms with Crippen LogP contribution in [-0.2, 0) is 92.7 Å². The Balaban J connectivity index is 0.996. The summed E-state index contributed by atoms with van der Waals surface area (Å²) in [6.07, 6.45) is 3.90. The van der Waals surface area contributed by atoms with Gasteiger partial charge in [-0.05, 0) is 72.4 Å². The number of carbonyl (C=O) groups is 8. The minimum absolute atomic E-state index is 0.0297. The number of benzene rings is 2. The lowest BCUT2D eigenvalue weighted by atomic mass is 10.0. The van der Waals surface area contributed by atoms with Gasteiger partial charge in [0.25, 0.3) is 23.6 Å². The van der Waals surface area contributed by atoms with Crippen LogP contribution in [0.4, 0.5) is 0 Å². The van der Waals surface area contributed by atoms with Crippen LogP contribution in [0.3, 0.4) is 0 Å². The van der Waals surface area contributed by atoms with E-state index in [9.17, 15) is 38.4 Å². The topological polar surface area (TPSA) is 276 Å². The van der Waals surface area contributed by atoms with Crippen LogP contribution < -0.4 is 21.3 Å². The van der Waals surface area contributed by atoms with Gasteiger partial charge < -0.3 is 49.7 Å². The van der Waals surface area contributed by atoms with Crippen LogP contribution in [0.2, 0.25) is 0 Å². The predicted molar refractivity (Wildman–Crippen MR) is 251 cm³/mol. The van der Waals surface area contributed by atoms with Crippen LogP contribution in [-0.4, -0.2) is 131 Å². The molecule has 72 heavy (non-hydrogen) atoms. The van der Waals surface area contributed by atoms with E-state index >= 15 is 0 Å². The number of amides is 4. The lowest BCUT2D eigenvalue weighted by molar-refractivity contribution is -0.160. The molecule has 0 spiro atoms. The third-order valence-electron chi connectivity index (χ3n) is 12.0. The maximum Gasteiger partial charge on any atom is 0.329 e. The van der Waals surface area contributed by atoms with E-state index in [0.717, 1.165) is 48.2 Å². The fourth-order valence-corrected chi connectivity index (χ4v) is 8.34. The fourth-order valence-electron chi connectivity index (χ4n) is 8.34. The second kappa shape index (κ2) is 25.6. The number of ether oxygens (including phenoxy) is 6. The summed E-state index contributed by atoms with van der Waals surface area (Å²) in [4.78, 5) is 105. The molecule has 3 saturated heterocycles. The van der Waals surface area contributed by atoms with Gasteiger partial charge in [-0.15, -0.1) is 0 Å². The maximum atomic E-state index is 13.8. The first-order valence-corrected chi connectivity index (χ1v) is 24.0. The van der Waals surface area contributed by atoms with Crippen molar-refractivity contribution in [1.29, 1.82) is 0 Å². The van der Waals surface area contributed by atoms with E-state index in [1.54, 1.807) is 50.5 Å². The molecule has 22 nitrogen and oxygen atoms in total. The van der Waals surface area contributed by atoms with Gasteiger partial charge in [0.2, 0.25) is 0 Å². The monoisotopic (exact) mass is 996 g/mol. The van der Waals surface area contributed by atoms with Gasteiger partial charge in [0, 0.05) is 38.4 Å². The Morgan fingerprint density at radius 3 is 1.50 bits per heavy atom. The average Bonchev–Trinajstić information content (AvgIpc) is 4.23. The summed E-state index contributed by atoms with van der Waals surface area (Å²) in [6, 6.07) is 16.9. The molecule has 4 aromatic rings. The van der Waals surface area contributed by atoms with Gasteiger partial charge in [-0.3, -0.25) is 42.9 Å². The van der Waals surface area contributed by atoms with Gasteiger partial charge in [-0.1, -0.05) is 62.4 Å². The van der Waals surface area contributed by atoms with Gasteiger partial charge in [0.05, 0.1) is 36.7 Å². The molecule has 5 atom stereocenters. The van der Waals surface area contributed by atoms with E-state index < -0.39 is 98.6 Å². The maximum absolute atomic E-state index is 13.8. The molecular formula is C50H60N8O14. The SMILES string of the molecule is CC(C)CC1NC(=O)COC(=O)CNC(=O)C(Cc2ccc(Cn3nccc3C3CCCO3)cc2)OC(=O)CNC(=O)COC(=O)CNC(=O)C(Cc2ccc(Cn3nccc3C3CCCO3)cc2)OC1=O. The van der Waals surface area contributed by atoms with Crippen LogP contribution in [0, 0.1) is 5.92 Å². The first-order valence-electron chi connectivity index (χ1n) is 24.0. The van der Waals surface area contributed by atoms with Crippen molar-refractivity contribution >= 4 is 47.5 Å². The van der Waals surface area contributed by atoms with E-state index in [1.807, 2.05) is 45.8 Å². The number of esters is 4. The van der Waals surface area contributed by atoms with Gasteiger partial charge in [0.15, 0.2) is 25.4 Å². The summed E-state index contributed by atoms with van der Waals surface area (Å²) in [6.45, 7) is 2.01. The summed E-state index contributed by atoms with van der Waals surface area (Å²) in [5, 5.41) is 18.4. The molecule has 384 valence electrons. The molecule has 0 saturated carbocycles. The van der Waals surface area contributed by atoms with Crippen LogP contribution in [0.15, 0.2) is 73.1 Å². The molecule has 2 aromatic heterocycles. The lowest BCUT2D eigenvalue weighted by Crippen LogP contribution is -2.48. The third kappa shape index (κ3) is 15.5. The summed E-state index contributed by atoms with van der Waals surface area (Å²) >= 11 is 0. The minimum atomic E-state index is -1.51. The van der Waals surface area contributed by atoms with E-state index in [0.29, 0.717) is 37.4 Å². The number of cyclic esters (lactones) is 4. The number of hydrogen-bond acceptors (Lipinski definition) is 16. The quantitative estimate of drug-likeness (QED) is 0.116. The van der Waals surface area contributed by atoms with Crippen LogP contribution in [0.1, 0.15) is 91.8 Å². The second-order valence-electron chi connectivity index (χ2n) is 18.1. The molecule has 7 rings (SSSR count). The largest absolute Gasteiger partial charge is 0.454 e. The molecule has 5 heterocycles. The molecular weight excluding hydrogens is 937 g/mol. The Kier molecular flexibility index (Phi) is 18.6. The van der Waals surface area contributed by atoms with Gasteiger partial charge in [0.1, 0.15) is 25.7 Å². The van der Waals surface area contributed by atoms with Crippen molar-refractivity contribution in [3.63, 3.8) is 0 Å². The molecule has 2 aromatic carbocycles. The number of hydrogen-bond donors (Lipinski definition) is 4.